The molecule has 1 atom stereocenters. The Kier molecular flexibility index (Phi) is 7.15. The van der Waals surface area contributed by atoms with Gasteiger partial charge in [-0.3, -0.25) is 10.1 Å². The Morgan fingerprint density at radius 3 is 2.69 bits per heavy atom. The molecule has 39 heavy (non-hydrogen) atoms. The molecule has 0 fully saturated rings. The number of pyridine rings is 1. The fourth-order valence-electron chi connectivity index (χ4n) is 4.12. The molecular weight excluding hydrogens is 524 g/mol. The van der Waals surface area contributed by atoms with Gasteiger partial charge in [-0.25, -0.2) is 14.8 Å². The van der Waals surface area contributed by atoms with Crippen LogP contribution in [0.15, 0.2) is 81.5 Å². The molecule has 3 heterocycles. The number of oxazole rings is 1. The minimum atomic E-state index is -0.787. The summed E-state index contributed by atoms with van der Waals surface area (Å²) in [5.41, 5.74) is 2.75. The molecule has 0 radical (unpaired) electrons. The van der Waals surface area contributed by atoms with Crippen LogP contribution in [0.3, 0.4) is 0 Å². The number of esters is 1. The number of ether oxygens (including phenoxy) is 2. The molecule has 12 heteroatoms. The van der Waals surface area contributed by atoms with Crippen LogP contribution in [-0.4, -0.2) is 42.0 Å². The summed E-state index contributed by atoms with van der Waals surface area (Å²) in [6, 6.07) is 14.8. The van der Waals surface area contributed by atoms with Gasteiger partial charge in [-0.1, -0.05) is 35.9 Å². The zero-order valence-corrected chi connectivity index (χ0v) is 21.9. The molecule has 0 saturated heterocycles. The lowest BCUT2D eigenvalue weighted by molar-refractivity contribution is -0.113. The largest absolute Gasteiger partial charge is 0.493 e. The lowest BCUT2D eigenvalue weighted by atomic mass is 9.95. The number of amides is 1. The highest BCUT2D eigenvalue weighted by Gasteiger charge is 2.31. The van der Waals surface area contributed by atoms with Crippen molar-refractivity contribution in [2.75, 3.05) is 24.9 Å². The monoisotopic (exact) mass is 546 g/mol. The molecule has 4 aromatic rings. The van der Waals surface area contributed by atoms with Crippen molar-refractivity contribution in [2.45, 2.75) is 13.0 Å². The van der Waals surface area contributed by atoms with E-state index < -0.39 is 17.9 Å². The van der Waals surface area contributed by atoms with Crippen LogP contribution in [0.4, 0.5) is 11.8 Å². The minimum Gasteiger partial charge on any atom is -0.493 e. The number of benzene rings is 2. The van der Waals surface area contributed by atoms with Gasteiger partial charge in [0.05, 0.1) is 25.4 Å². The van der Waals surface area contributed by atoms with Gasteiger partial charge in [0.1, 0.15) is 17.4 Å². The molecule has 1 unspecified atom stereocenters. The van der Waals surface area contributed by atoms with E-state index in [0.717, 1.165) is 0 Å². The summed E-state index contributed by atoms with van der Waals surface area (Å²) in [6.45, 7) is 1.74. The van der Waals surface area contributed by atoms with Gasteiger partial charge in [-0.05, 0) is 37.3 Å². The summed E-state index contributed by atoms with van der Waals surface area (Å²) in [5.74, 6) is -0.0114. The summed E-state index contributed by atoms with van der Waals surface area (Å²) in [4.78, 5) is 38.8. The quantitative estimate of drug-likeness (QED) is 0.293. The van der Waals surface area contributed by atoms with E-state index in [-0.39, 0.29) is 17.4 Å². The standard InChI is InChI=1S/C27H23ClN6O5/c1-14-21(24(35)32-20-13-15(11-12-29-20)25(36)38-3)22(16-7-4-5-8-17(16)28)33-26(30-14)34-27-31-18-9-6-10-19(37-2)23(18)39-27/h4-13,22H,1-3H3,(H,29,32,35)(H2,30,31,33,34). The number of anilines is 2. The number of halogens is 1. The second-order valence-electron chi connectivity index (χ2n) is 8.39. The summed E-state index contributed by atoms with van der Waals surface area (Å²) >= 11 is 6.53. The maximum absolute atomic E-state index is 13.5. The van der Waals surface area contributed by atoms with Crippen molar-refractivity contribution in [2.24, 2.45) is 4.99 Å². The number of nitrogens with zero attached hydrogens (tertiary/aromatic N) is 3. The Hall–Kier alpha value is -4.90. The number of hydrogen-bond donors (Lipinski definition) is 3. The summed E-state index contributed by atoms with van der Waals surface area (Å²) in [7, 11) is 2.82. The number of aromatic nitrogens is 2. The topological polar surface area (TPSA) is 140 Å². The van der Waals surface area contributed by atoms with Crippen molar-refractivity contribution in [1.29, 1.82) is 0 Å². The van der Waals surface area contributed by atoms with E-state index in [4.69, 9.17) is 30.5 Å². The lowest BCUT2D eigenvalue weighted by Crippen LogP contribution is -2.37. The second-order valence-corrected chi connectivity index (χ2v) is 8.80. The van der Waals surface area contributed by atoms with Crippen LogP contribution in [0.1, 0.15) is 28.9 Å². The number of methoxy groups -OCH3 is 2. The van der Waals surface area contributed by atoms with Gasteiger partial charge in [-0.2, -0.15) is 4.98 Å². The smallest absolute Gasteiger partial charge is 0.338 e. The van der Waals surface area contributed by atoms with E-state index in [0.29, 0.717) is 44.7 Å². The molecular formula is C27H23ClN6O5. The highest BCUT2D eigenvalue weighted by Crippen LogP contribution is 2.36. The zero-order valence-electron chi connectivity index (χ0n) is 21.1. The molecule has 1 aliphatic heterocycles. The van der Waals surface area contributed by atoms with Gasteiger partial charge in [0, 0.05) is 22.5 Å². The number of carbonyl (C=O) groups excluding carboxylic acids is 2. The van der Waals surface area contributed by atoms with E-state index >= 15 is 0 Å². The van der Waals surface area contributed by atoms with Crippen LogP contribution in [0.5, 0.6) is 5.75 Å². The summed E-state index contributed by atoms with van der Waals surface area (Å²) in [5, 5.41) is 9.32. The summed E-state index contributed by atoms with van der Waals surface area (Å²) < 4.78 is 16.0. The number of rotatable bonds is 6. The van der Waals surface area contributed by atoms with E-state index in [1.165, 1.54) is 25.4 Å². The van der Waals surface area contributed by atoms with Gasteiger partial charge in [0.2, 0.25) is 5.96 Å². The summed E-state index contributed by atoms with van der Waals surface area (Å²) in [6.07, 6.45) is 1.41. The number of fused-ring (bicyclic) bond motifs is 1. The number of hydrogen-bond acceptors (Lipinski definition) is 10. The molecule has 0 aliphatic carbocycles. The first kappa shape index (κ1) is 25.7. The van der Waals surface area contributed by atoms with E-state index in [9.17, 15) is 9.59 Å². The fourth-order valence-corrected chi connectivity index (χ4v) is 4.36. The van der Waals surface area contributed by atoms with Crippen molar-refractivity contribution in [3.63, 3.8) is 0 Å². The fraction of sp³-hybridized carbons (Fsp3) is 0.148. The van der Waals surface area contributed by atoms with E-state index in [1.54, 1.807) is 44.4 Å². The Bertz CT molecular complexity index is 1650. The Morgan fingerprint density at radius 2 is 1.92 bits per heavy atom. The first-order chi connectivity index (χ1) is 18.9. The molecule has 1 aliphatic rings. The van der Waals surface area contributed by atoms with Gasteiger partial charge in [-0.15, -0.1) is 0 Å². The molecule has 198 valence electrons. The normalized spacial score (nSPS) is 14.9. The maximum atomic E-state index is 13.5. The van der Waals surface area contributed by atoms with E-state index in [2.05, 4.69) is 25.9 Å². The highest BCUT2D eigenvalue weighted by molar-refractivity contribution is 6.31. The van der Waals surface area contributed by atoms with Crippen molar-refractivity contribution < 1.29 is 23.5 Å². The molecule has 2 aromatic heterocycles. The molecule has 11 nitrogen and oxygen atoms in total. The van der Waals surface area contributed by atoms with Gasteiger partial charge in [0.25, 0.3) is 5.91 Å². The third-order valence-electron chi connectivity index (χ3n) is 5.93. The molecule has 0 spiro atoms. The van der Waals surface area contributed by atoms with Crippen molar-refractivity contribution >= 4 is 52.4 Å². The Labute approximate surface area is 227 Å². The first-order valence-electron chi connectivity index (χ1n) is 11.7. The highest BCUT2D eigenvalue weighted by atomic mass is 35.5. The number of nitrogens with one attached hydrogen (secondary N) is 3. The molecule has 1 amide bonds. The number of guanidine groups is 1. The van der Waals surface area contributed by atoms with Crippen LogP contribution in [0.25, 0.3) is 11.1 Å². The zero-order chi connectivity index (χ0) is 27.5. The third-order valence-corrected chi connectivity index (χ3v) is 6.28. The average molecular weight is 547 g/mol. The second kappa shape index (κ2) is 10.8. The van der Waals surface area contributed by atoms with Gasteiger partial charge in [0.15, 0.2) is 11.3 Å². The number of allylic oxidation sites excluding steroid dienone is 1. The van der Waals surface area contributed by atoms with Gasteiger partial charge >= 0.3 is 12.0 Å². The predicted octanol–water partition coefficient (Wildman–Crippen LogP) is 4.70. The maximum Gasteiger partial charge on any atom is 0.338 e. The molecule has 0 saturated carbocycles. The van der Waals surface area contributed by atoms with E-state index in [1.807, 2.05) is 12.1 Å². The molecule has 5 rings (SSSR count). The third kappa shape index (κ3) is 5.25. The number of para-hydroxylation sites is 1. The van der Waals surface area contributed by atoms with Crippen LogP contribution >= 0.6 is 11.6 Å². The molecule has 2 aromatic carbocycles. The van der Waals surface area contributed by atoms with Crippen molar-refractivity contribution in [1.82, 2.24) is 15.3 Å². The SMILES string of the molecule is COC(=O)c1ccnc(NC(=O)C2=C(C)NC(Nc3nc4cccc(OC)c4o3)=NC2c2ccccc2Cl)c1. The van der Waals surface area contributed by atoms with Crippen LogP contribution < -0.4 is 20.7 Å². The van der Waals surface area contributed by atoms with Crippen molar-refractivity contribution in [3.8, 4) is 5.75 Å². The molecule has 3 N–H and O–H groups in total. The Morgan fingerprint density at radius 1 is 1.10 bits per heavy atom. The molecule has 0 bridgehead atoms. The number of aliphatic imine (C=N–C) groups is 1. The van der Waals surface area contributed by atoms with Crippen LogP contribution in [0, 0.1) is 0 Å². The number of carbonyl (C=O) groups is 2. The minimum absolute atomic E-state index is 0.175. The average Bonchev–Trinajstić information content (AvgIpc) is 3.35. The van der Waals surface area contributed by atoms with Crippen LogP contribution in [-0.2, 0) is 9.53 Å². The Balaban J connectivity index is 1.48. The predicted molar refractivity (Wildman–Crippen MR) is 146 cm³/mol. The van der Waals surface area contributed by atoms with Gasteiger partial charge < -0.3 is 24.5 Å². The van der Waals surface area contributed by atoms with Crippen molar-refractivity contribution in [3.05, 3.63) is 88.2 Å². The first-order valence-corrected chi connectivity index (χ1v) is 12.1. The van der Waals surface area contributed by atoms with Crippen LogP contribution in [0.2, 0.25) is 5.02 Å². The lowest BCUT2D eigenvalue weighted by Gasteiger charge is -2.26.